The number of aliphatic hydroxyl groups excluding tert-OH is 1. The number of benzene rings is 2. The first-order valence-electron chi connectivity index (χ1n) is 13.7. The van der Waals surface area contributed by atoms with Crippen molar-refractivity contribution >= 4 is 17.4 Å². The lowest BCUT2D eigenvalue weighted by Gasteiger charge is -2.29. The third kappa shape index (κ3) is 6.11. The smallest absolute Gasteiger partial charge is 0.295 e. The number of likely N-dealkylation sites (tertiary alicyclic amines) is 1. The molecule has 1 amide bonds. The lowest BCUT2D eigenvalue weighted by Crippen LogP contribution is -2.38. The lowest BCUT2D eigenvalue weighted by atomic mass is 9.92. The minimum atomic E-state index is -0.642. The van der Waals surface area contributed by atoms with Gasteiger partial charge in [-0.1, -0.05) is 45.0 Å². The number of amides is 1. The maximum atomic E-state index is 13.4. The minimum absolute atomic E-state index is 0.142. The number of hydrogen-bond donors (Lipinski definition) is 1. The third-order valence-corrected chi connectivity index (χ3v) is 7.36. The van der Waals surface area contributed by atoms with Gasteiger partial charge in [0, 0.05) is 31.7 Å². The summed E-state index contributed by atoms with van der Waals surface area (Å²) in [6, 6.07) is 12.8. The first-order chi connectivity index (χ1) is 18.3. The van der Waals surface area contributed by atoms with Gasteiger partial charge >= 0.3 is 0 Å². The molecule has 2 aliphatic heterocycles. The SMILES string of the molecule is CCCOc1ccc(C(O)=C2C(=O)C(=O)N(CCCN3CCOCC3)C2c2ccc(C(C)C)cc2)c(C)c1. The van der Waals surface area contributed by atoms with Crippen LogP contribution in [0.5, 0.6) is 5.75 Å². The van der Waals surface area contributed by atoms with Crippen molar-refractivity contribution in [3.63, 3.8) is 0 Å². The average molecular weight is 521 g/mol. The van der Waals surface area contributed by atoms with Crippen molar-refractivity contribution in [2.24, 2.45) is 0 Å². The Balaban J connectivity index is 1.68. The Morgan fingerprint density at radius 3 is 2.42 bits per heavy atom. The molecule has 0 radical (unpaired) electrons. The number of morpholine rings is 1. The van der Waals surface area contributed by atoms with E-state index in [0.717, 1.165) is 43.6 Å². The van der Waals surface area contributed by atoms with E-state index in [1.54, 1.807) is 17.0 Å². The van der Waals surface area contributed by atoms with Crippen LogP contribution in [-0.2, 0) is 14.3 Å². The molecule has 0 saturated carbocycles. The molecule has 0 aliphatic carbocycles. The third-order valence-electron chi connectivity index (χ3n) is 7.36. The van der Waals surface area contributed by atoms with Gasteiger partial charge in [-0.2, -0.15) is 0 Å². The Bertz CT molecular complexity index is 1170. The van der Waals surface area contributed by atoms with Gasteiger partial charge in [-0.15, -0.1) is 0 Å². The Hall–Kier alpha value is -3.16. The molecule has 2 fully saturated rings. The van der Waals surface area contributed by atoms with Crippen molar-refractivity contribution < 1.29 is 24.2 Å². The Kier molecular flexibility index (Phi) is 9.23. The van der Waals surface area contributed by atoms with E-state index in [1.807, 2.05) is 44.2 Å². The van der Waals surface area contributed by atoms with Crippen LogP contribution < -0.4 is 4.74 Å². The van der Waals surface area contributed by atoms with Gasteiger partial charge in [0.1, 0.15) is 11.5 Å². The molecule has 2 aromatic carbocycles. The molecule has 204 valence electrons. The summed E-state index contributed by atoms with van der Waals surface area (Å²) < 4.78 is 11.2. The lowest BCUT2D eigenvalue weighted by molar-refractivity contribution is -0.140. The van der Waals surface area contributed by atoms with Gasteiger partial charge < -0.3 is 19.5 Å². The molecule has 1 unspecified atom stereocenters. The second-order valence-corrected chi connectivity index (χ2v) is 10.4. The van der Waals surface area contributed by atoms with E-state index in [2.05, 4.69) is 18.7 Å². The second-order valence-electron chi connectivity index (χ2n) is 10.4. The summed E-state index contributed by atoms with van der Waals surface area (Å²) in [6.07, 6.45) is 1.63. The molecule has 4 rings (SSSR count). The topological polar surface area (TPSA) is 79.3 Å². The molecule has 38 heavy (non-hydrogen) atoms. The van der Waals surface area contributed by atoms with Crippen LogP contribution in [0.1, 0.15) is 67.8 Å². The highest BCUT2D eigenvalue weighted by Gasteiger charge is 2.46. The van der Waals surface area contributed by atoms with Gasteiger partial charge in [-0.3, -0.25) is 14.5 Å². The van der Waals surface area contributed by atoms with Crippen LogP contribution in [0.25, 0.3) is 5.76 Å². The largest absolute Gasteiger partial charge is 0.507 e. The zero-order valence-electron chi connectivity index (χ0n) is 23.0. The number of carbonyl (C=O) groups excluding carboxylic acids is 2. The summed E-state index contributed by atoms with van der Waals surface area (Å²) in [5.74, 6) is -0.272. The predicted molar refractivity (Wildman–Crippen MR) is 148 cm³/mol. The van der Waals surface area contributed by atoms with Crippen LogP contribution >= 0.6 is 0 Å². The summed E-state index contributed by atoms with van der Waals surface area (Å²) in [6.45, 7) is 13.2. The molecule has 2 aromatic rings. The van der Waals surface area contributed by atoms with Gasteiger partial charge in [0.15, 0.2) is 0 Å². The van der Waals surface area contributed by atoms with Crippen LogP contribution in [0, 0.1) is 6.92 Å². The van der Waals surface area contributed by atoms with Gasteiger partial charge in [-0.05, 0) is 60.6 Å². The van der Waals surface area contributed by atoms with E-state index >= 15 is 0 Å². The monoisotopic (exact) mass is 520 g/mol. The maximum Gasteiger partial charge on any atom is 0.295 e. The number of aliphatic hydroxyl groups is 1. The minimum Gasteiger partial charge on any atom is -0.507 e. The van der Waals surface area contributed by atoms with E-state index in [-0.39, 0.29) is 11.3 Å². The molecular formula is C31H40N2O5. The van der Waals surface area contributed by atoms with Crippen LogP contribution in [0.15, 0.2) is 48.0 Å². The fourth-order valence-corrected chi connectivity index (χ4v) is 5.17. The summed E-state index contributed by atoms with van der Waals surface area (Å²) in [7, 11) is 0. The van der Waals surface area contributed by atoms with Crippen LogP contribution in [0.3, 0.4) is 0 Å². The summed E-state index contributed by atoms with van der Waals surface area (Å²) in [5.41, 5.74) is 3.45. The number of ether oxygens (including phenoxy) is 2. The van der Waals surface area contributed by atoms with Crippen molar-refractivity contribution in [2.75, 3.05) is 46.0 Å². The number of aryl methyl sites for hydroxylation is 1. The molecule has 2 heterocycles. The van der Waals surface area contributed by atoms with Gasteiger partial charge in [0.25, 0.3) is 11.7 Å². The Labute approximate surface area is 226 Å². The first kappa shape index (κ1) is 27.9. The molecule has 0 spiro atoms. The maximum absolute atomic E-state index is 13.4. The fraction of sp³-hybridized carbons (Fsp3) is 0.484. The molecule has 1 atom stereocenters. The van der Waals surface area contributed by atoms with E-state index in [4.69, 9.17) is 9.47 Å². The van der Waals surface area contributed by atoms with Crippen molar-refractivity contribution in [1.29, 1.82) is 0 Å². The molecule has 1 N–H and O–H groups in total. The van der Waals surface area contributed by atoms with Crippen molar-refractivity contribution in [3.8, 4) is 5.75 Å². The molecule has 2 aliphatic rings. The molecule has 7 heteroatoms. The molecule has 2 saturated heterocycles. The van der Waals surface area contributed by atoms with E-state index < -0.39 is 17.7 Å². The Morgan fingerprint density at radius 2 is 1.79 bits per heavy atom. The number of carbonyl (C=O) groups is 2. The van der Waals surface area contributed by atoms with E-state index in [1.165, 1.54) is 5.56 Å². The standard InChI is InChI=1S/C31H40N2O5/c1-5-17-38-25-11-12-26(22(4)20-25)29(34)27-28(24-9-7-23(8-10-24)21(2)3)33(31(36)30(27)35)14-6-13-32-15-18-37-19-16-32/h7-12,20-21,28,34H,5-6,13-19H2,1-4H3. The van der Waals surface area contributed by atoms with Gasteiger partial charge in [0.05, 0.1) is 31.4 Å². The highest BCUT2D eigenvalue weighted by Crippen LogP contribution is 2.40. The first-order valence-corrected chi connectivity index (χ1v) is 13.7. The van der Waals surface area contributed by atoms with E-state index in [0.29, 0.717) is 43.6 Å². The highest BCUT2D eigenvalue weighted by atomic mass is 16.5. The summed E-state index contributed by atoms with van der Waals surface area (Å²) in [5, 5.41) is 11.5. The van der Waals surface area contributed by atoms with Gasteiger partial charge in [-0.25, -0.2) is 0 Å². The normalized spacial score (nSPS) is 19.9. The molecule has 0 bridgehead atoms. The predicted octanol–water partition coefficient (Wildman–Crippen LogP) is 5.05. The Morgan fingerprint density at radius 1 is 1.08 bits per heavy atom. The second kappa shape index (κ2) is 12.6. The molecule has 0 aromatic heterocycles. The fourth-order valence-electron chi connectivity index (χ4n) is 5.17. The number of nitrogens with zero attached hydrogens (tertiary/aromatic N) is 2. The number of rotatable bonds is 10. The number of hydrogen-bond acceptors (Lipinski definition) is 6. The molecular weight excluding hydrogens is 480 g/mol. The summed E-state index contributed by atoms with van der Waals surface area (Å²) >= 11 is 0. The van der Waals surface area contributed by atoms with Crippen molar-refractivity contribution in [3.05, 3.63) is 70.3 Å². The molecule has 7 nitrogen and oxygen atoms in total. The zero-order valence-corrected chi connectivity index (χ0v) is 23.0. The van der Waals surface area contributed by atoms with Crippen molar-refractivity contribution in [1.82, 2.24) is 9.80 Å². The van der Waals surface area contributed by atoms with E-state index in [9.17, 15) is 14.7 Å². The highest BCUT2D eigenvalue weighted by molar-refractivity contribution is 6.46. The average Bonchev–Trinajstić information content (AvgIpc) is 3.17. The zero-order chi connectivity index (χ0) is 27.2. The van der Waals surface area contributed by atoms with Crippen LogP contribution in [-0.4, -0.2) is 72.6 Å². The number of Topliss-reactive ketones (excluding diaryl/α,β-unsaturated/α-hetero) is 1. The van der Waals surface area contributed by atoms with Crippen molar-refractivity contribution in [2.45, 2.75) is 52.5 Å². The number of ketones is 1. The summed E-state index contributed by atoms with van der Waals surface area (Å²) in [4.78, 5) is 30.7. The van der Waals surface area contributed by atoms with Gasteiger partial charge in [0.2, 0.25) is 0 Å². The van der Waals surface area contributed by atoms with Crippen LogP contribution in [0.2, 0.25) is 0 Å². The quantitative estimate of drug-likeness (QED) is 0.268. The van der Waals surface area contributed by atoms with Crippen LogP contribution in [0.4, 0.5) is 0 Å².